The van der Waals surface area contributed by atoms with Gasteiger partial charge < -0.3 is 0 Å². The van der Waals surface area contributed by atoms with E-state index >= 15 is 0 Å². The standard InChI is InChI=1S/C22H20O/c1-16(2)18-10-7-17(8-11-18)9-14-22(23)21-13-12-19-5-3-4-6-20(19)15-21/h3-16H,1-2H3. The first-order valence-corrected chi connectivity index (χ1v) is 7.94. The van der Waals surface area contributed by atoms with Crippen LogP contribution in [-0.2, 0) is 0 Å². The molecule has 0 saturated heterocycles. The van der Waals surface area contributed by atoms with E-state index in [9.17, 15) is 4.79 Å². The smallest absolute Gasteiger partial charge is 0.185 e. The molecule has 0 spiro atoms. The number of rotatable bonds is 4. The van der Waals surface area contributed by atoms with Crippen molar-refractivity contribution >= 4 is 22.6 Å². The molecular weight excluding hydrogens is 280 g/mol. The Bertz CT molecular complexity index is 855. The number of hydrogen-bond acceptors (Lipinski definition) is 1. The predicted octanol–water partition coefficient (Wildman–Crippen LogP) is 5.86. The van der Waals surface area contributed by atoms with Crippen molar-refractivity contribution < 1.29 is 4.79 Å². The van der Waals surface area contributed by atoms with E-state index in [-0.39, 0.29) is 5.78 Å². The Morgan fingerprint density at radius 3 is 2.26 bits per heavy atom. The fraction of sp³-hybridized carbons (Fsp3) is 0.136. The van der Waals surface area contributed by atoms with Gasteiger partial charge in [0.05, 0.1) is 0 Å². The molecule has 0 amide bonds. The van der Waals surface area contributed by atoms with E-state index in [4.69, 9.17) is 0 Å². The molecule has 0 radical (unpaired) electrons. The number of carbonyl (C=O) groups is 1. The van der Waals surface area contributed by atoms with Crippen LogP contribution in [0.1, 0.15) is 41.3 Å². The maximum atomic E-state index is 12.4. The van der Waals surface area contributed by atoms with Crippen LogP contribution < -0.4 is 0 Å². The molecule has 3 aromatic carbocycles. The van der Waals surface area contributed by atoms with E-state index < -0.39 is 0 Å². The Balaban J connectivity index is 1.79. The molecule has 0 atom stereocenters. The molecule has 114 valence electrons. The minimum Gasteiger partial charge on any atom is -0.289 e. The highest BCUT2D eigenvalue weighted by Crippen LogP contribution is 2.18. The van der Waals surface area contributed by atoms with Crippen LogP contribution in [0.3, 0.4) is 0 Å². The van der Waals surface area contributed by atoms with Crippen LogP contribution in [0.2, 0.25) is 0 Å². The van der Waals surface area contributed by atoms with E-state index in [1.54, 1.807) is 6.08 Å². The average molecular weight is 300 g/mol. The third-order valence-corrected chi connectivity index (χ3v) is 4.06. The monoisotopic (exact) mass is 300 g/mol. The van der Waals surface area contributed by atoms with Gasteiger partial charge in [0.1, 0.15) is 0 Å². The molecule has 0 aliphatic rings. The van der Waals surface area contributed by atoms with Gasteiger partial charge in [-0.2, -0.15) is 0 Å². The van der Waals surface area contributed by atoms with Crippen molar-refractivity contribution in [2.24, 2.45) is 0 Å². The maximum absolute atomic E-state index is 12.4. The summed E-state index contributed by atoms with van der Waals surface area (Å²) in [5.74, 6) is 0.552. The van der Waals surface area contributed by atoms with Crippen molar-refractivity contribution in [1.82, 2.24) is 0 Å². The van der Waals surface area contributed by atoms with Gasteiger partial charge in [-0.3, -0.25) is 4.79 Å². The van der Waals surface area contributed by atoms with Gasteiger partial charge in [-0.05, 0) is 40.0 Å². The number of ketones is 1. The van der Waals surface area contributed by atoms with Crippen molar-refractivity contribution in [2.45, 2.75) is 19.8 Å². The minimum atomic E-state index is 0.0312. The Hall–Kier alpha value is -2.67. The molecule has 0 saturated carbocycles. The van der Waals surface area contributed by atoms with Gasteiger partial charge in [0.15, 0.2) is 5.78 Å². The molecule has 3 aromatic rings. The summed E-state index contributed by atoms with van der Waals surface area (Å²) < 4.78 is 0. The molecule has 0 N–H and O–H groups in total. The van der Waals surface area contributed by atoms with Crippen LogP contribution in [0.25, 0.3) is 16.8 Å². The van der Waals surface area contributed by atoms with Crippen molar-refractivity contribution in [3.8, 4) is 0 Å². The molecule has 23 heavy (non-hydrogen) atoms. The minimum absolute atomic E-state index is 0.0312. The van der Waals surface area contributed by atoms with Crippen molar-refractivity contribution in [3.05, 3.63) is 89.5 Å². The highest BCUT2D eigenvalue weighted by Gasteiger charge is 2.03. The summed E-state index contributed by atoms with van der Waals surface area (Å²) in [6.45, 7) is 4.35. The molecule has 0 heterocycles. The zero-order chi connectivity index (χ0) is 16.2. The first kappa shape index (κ1) is 15.2. The quantitative estimate of drug-likeness (QED) is 0.435. The molecule has 0 aliphatic carbocycles. The van der Waals surface area contributed by atoms with Gasteiger partial charge in [-0.15, -0.1) is 0 Å². The van der Waals surface area contributed by atoms with Gasteiger partial charge in [0.2, 0.25) is 0 Å². The molecule has 0 aromatic heterocycles. The Kier molecular flexibility index (Phi) is 4.38. The first-order chi connectivity index (χ1) is 11.1. The van der Waals surface area contributed by atoms with Crippen molar-refractivity contribution in [2.75, 3.05) is 0 Å². The van der Waals surface area contributed by atoms with Gasteiger partial charge in [-0.1, -0.05) is 80.6 Å². The average Bonchev–Trinajstić information content (AvgIpc) is 2.59. The number of benzene rings is 3. The van der Waals surface area contributed by atoms with E-state index in [1.165, 1.54) is 5.56 Å². The fourth-order valence-electron chi connectivity index (χ4n) is 2.60. The van der Waals surface area contributed by atoms with Crippen LogP contribution in [0.4, 0.5) is 0 Å². The summed E-state index contributed by atoms with van der Waals surface area (Å²) in [4.78, 5) is 12.4. The Morgan fingerprint density at radius 1 is 0.870 bits per heavy atom. The lowest BCUT2D eigenvalue weighted by atomic mass is 10.0. The van der Waals surface area contributed by atoms with Crippen LogP contribution in [0.15, 0.2) is 72.8 Å². The molecule has 0 fully saturated rings. The van der Waals surface area contributed by atoms with Crippen molar-refractivity contribution in [1.29, 1.82) is 0 Å². The second-order valence-corrected chi connectivity index (χ2v) is 6.08. The SMILES string of the molecule is CC(C)c1ccc(C=CC(=O)c2ccc3ccccc3c2)cc1. The normalized spacial score (nSPS) is 11.4. The summed E-state index contributed by atoms with van der Waals surface area (Å²) >= 11 is 0. The third kappa shape index (κ3) is 3.57. The lowest BCUT2D eigenvalue weighted by molar-refractivity contribution is 0.104. The highest BCUT2D eigenvalue weighted by atomic mass is 16.1. The second-order valence-electron chi connectivity index (χ2n) is 6.08. The van der Waals surface area contributed by atoms with Crippen LogP contribution in [0.5, 0.6) is 0 Å². The van der Waals surface area contributed by atoms with E-state index in [0.29, 0.717) is 5.92 Å². The largest absolute Gasteiger partial charge is 0.289 e. The number of hydrogen-bond donors (Lipinski definition) is 0. The van der Waals surface area contributed by atoms with Gasteiger partial charge >= 0.3 is 0 Å². The fourth-order valence-corrected chi connectivity index (χ4v) is 2.60. The van der Waals surface area contributed by atoms with Crippen molar-refractivity contribution in [3.63, 3.8) is 0 Å². The zero-order valence-electron chi connectivity index (χ0n) is 13.5. The summed E-state index contributed by atoms with van der Waals surface area (Å²) in [5.41, 5.74) is 3.07. The molecule has 0 unspecified atom stereocenters. The molecule has 0 bridgehead atoms. The number of allylic oxidation sites excluding steroid dienone is 1. The predicted molar refractivity (Wildman–Crippen MR) is 97.8 cm³/mol. The topological polar surface area (TPSA) is 17.1 Å². The zero-order valence-corrected chi connectivity index (χ0v) is 13.5. The Morgan fingerprint density at radius 2 is 1.57 bits per heavy atom. The summed E-state index contributed by atoms with van der Waals surface area (Å²) in [6.07, 6.45) is 3.52. The highest BCUT2D eigenvalue weighted by molar-refractivity contribution is 6.08. The number of carbonyl (C=O) groups excluding carboxylic acids is 1. The van der Waals surface area contributed by atoms with Crippen LogP contribution >= 0.6 is 0 Å². The first-order valence-electron chi connectivity index (χ1n) is 7.94. The van der Waals surface area contributed by atoms with Gasteiger partial charge in [0.25, 0.3) is 0 Å². The van der Waals surface area contributed by atoms with Gasteiger partial charge in [-0.25, -0.2) is 0 Å². The maximum Gasteiger partial charge on any atom is 0.185 e. The van der Waals surface area contributed by atoms with Crippen LogP contribution in [0, 0.1) is 0 Å². The molecule has 1 nitrogen and oxygen atoms in total. The molecule has 3 rings (SSSR count). The molecule has 0 aliphatic heterocycles. The second kappa shape index (κ2) is 6.62. The molecule has 1 heteroatoms. The summed E-state index contributed by atoms with van der Waals surface area (Å²) in [6, 6.07) is 22.2. The van der Waals surface area contributed by atoms with Gasteiger partial charge in [0, 0.05) is 5.56 Å². The summed E-state index contributed by atoms with van der Waals surface area (Å²) in [5, 5.41) is 2.24. The lowest BCUT2D eigenvalue weighted by Crippen LogP contribution is -1.94. The lowest BCUT2D eigenvalue weighted by Gasteiger charge is -2.04. The van der Waals surface area contributed by atoms with E-state index in [1.807, 2.05) is 42.5 Å². The summed E-state index contributed by atoms with van der Waals surface area (Å²) in [7, 11) is 0. The molecular formula is C22H20O. The van der Waals surface area contributed by atoms with E-state index in [0.717, 1.165) is 21.9 Å². The Labute approximate surface area is 137 Å². The third-order valence-electron chi connectivity index (χ3n) is 4.06. The number of fused-ring (bicyclic) bond motifs is 1. The van der Waals surface area contributed by atoms with Crippen LogP contribution in [-0.4, -0.2) is 5.78 Å². The van der Waals surface area contributed by atoms with E-state index in [2.05, 4.69) is 44.2 Å².